The van der Waals surface area contributed by atoms with Crippen LogP contribution in [0.15, 0.2) is 0 Å². The average Bonchev–Trinajstić information content (AvgIpc) is 2.37. The van der Waals surface area contributed by atoms with Crippen molar-refractivity contribution in [2.45, 2.75) is 72.1 Å². The zero-order chi connectivity index (χ0) is 14.7. The van der Waals surface area contributed by atoms with Crippen LogP contribution in [0.5, 0.6) is 0 Å². The molecule has 0 spiro atoms. The molecule has 0 saturated carbocycles. The third-order valence-electron chi connectivity index (χ3n) is 4.86. The molecule has 1 saturated heterocycles. The molecule has 1 N–H and O–H groups in total. The van der Waals surface area contributed by atoms with Gasteiger partial charge in [-0.25, -0.2) is 0 Å². The SMILES string of the molecule is CCC1(CC)CN(CC(C)OC)C(C(C)(C)C)CN1. The lowest BCUT2D eigenvalue weighted by Crippen LogP contribution is -2.67. The Labute approximate surface area is 120 Å². The Bertz CT molecular complexity index is 268. The summed E-state index contributed by atoms with van der Waals surface area (Å²) in [5.41, 5.74) is 0.587. The summed E-state index contributed by atoms with van der Waals surface area (Å²) in [5, 5.41) is 3.83. The van der Waals surface area contributed by atoms with Crippen molar-refractivity contribution in [3.8, 4) is 0 Å². The molecule has 1 aliphatic heterocycles. The van der Waals surface area contributed by atoms with E-state index in [1.54, 1.807) is 0 Å². The second-order valence-corrected chi connectivity index (χ2v) is 7.23. The van der Waals surface area contributed by atoms with E-state index in [9.17, 15) is 0 Å². The lowest BCUT2D eigenvalue weighted by Gasteiger charge is -2.52. The molecular weight excluding hydrogens is 236 g/mol. The summed E-state index contributed by atoms with van der Waals surface area (Å²) in [7, 11) is 1.81. The van der Waals surface area contributed by atoms with E-state index in [1.807, 2.05) is 7.11 Å². The van der Waals surface area contributed by atoms with E-state index in [-0.39, 0.29) is 5.54 Å². The van der Waals surface area contributed by atoms with Gasteiger partial charge in [0.1, 0.15) is 0 Å². The summed E-state index contributed by atoms with van der Waals surface area (Å²) in [6, 6.07) is 0.580. The molecule has 0 aromatic carbocycles. The number of hydrogen-bond donors (Lipinski definition) is 1. The maximum absolute atomic E-state index is 5.49. The molecule has 1 fully saturated rings. The highest BCUT2D eigenvalue weighted by molar-refractivity contribution is 5.00. The molecule has 3 nitrogen and oxygen atoms in total. The largest absolute Gasteiger partial charge is 0.380 e. The van der Waals surface area contributed by atoms with Crippen LogP contribution in [-0.4, -0.2) is 49.3 Å². The van der Waals surface area contributed by atoms with Gasteiger partial charge in [-0.05, 0) is 25.2 Å². The third kappa shape index (κ3) is 4.17. The van der Waals surface area contributed by atoms with Crippen LogP contribution in [0.25, 0.3) is 0 Å². The fourth-order valence-corrected chi connectivity index (χ4v) is 3.17. The van der Waals surface area contributed by atoms with Gasteiger partial charge < -0.3 is 10.1 Å². The highest BCUT2D eigenvalue weighted by Crippen LogP contribution is 2.31. The van der Waals surface area contributed by atoms with E-state index in [1.165, 1.54) is 12.8 Å². The van der Waals surface area contributed by atoms with Crippen molar-refractivity contribution in [3.05, 3.63) is 0 Å². The van der Waals surface area contributed by atoms with Crippen LogP contribution in [0.1, 0.15) is 54.4 Å². The van der Waals surface area contributed by atoms with Gasteiger partial charge in [0.15, 0.2) is 0 Å². The minimum atomic E-state index is 0.287. The van der Waals surface area contributed by atoms with Crippen molar-refractivity contribution >= 4 is 0 Å². The van der Waals surface area contributed by atoms with Crippen LogP contribution >= 0.6 is 0 Å². The minimum absolute atomic E-state index is 0.287. The molecule has 0 radical (unpaired) electrons. The maximum atomic E-state index is 5.49. The van der Waals surface area contributed by atoms with E-state index < -0.39 is 0 Å². The van der Waals surface area contributed by atoms with Crippen molar-refractivity contribution in [2.24, 2.45) is 5.41 Å². The molecule has 1 heterocycles. The second-order valence-electron chi connectivity index (χ2n) is 7.23. The third-order valence-corrected chi connectivity index (χ3v) is 4.86. The van der Waals surface area contributed by atoms with Crippen LogP contribution in [0.3, 0.4) is 0 Å². The molecule has 1 aliphatic rings. The van der Waals surface area contributed by atoms with Crippen LogP contribution < -0.4 is 5.32 Å². The van der Waals surface area contributed by atoms with Gasteiger partial charge in [0.25, 0.3) is 0 Å². The van der Waals surface area contributed by atoms with E-state index in [4.69, 9.17) is 4.74 Å². The Hall–Kier alpha value is -0.120. The molecule has 2 unspecified atom stereocenters. The first-order valence-electron chi connectivity index (χ1n) is 7.80. The molecular formula is C16H34N2O. The Balaban J connectivity index is 2.85. The number of rotatable bonds is 5. The van der Waals surface area contributed by atoms with Crippen molar-refractivity contribution in [3.63, 3.8) is 0 Å². The first kappa shape index (κ1) is 16.9. The zero-order valence-corrected chi connectivity index (χ0v) is 14.0. The number of hydrogen-bond acceptors (Lipinski definition) is 3. The lowest BCUT2D eigenvalue weighted by atomic mass is 9.80. The second kappa shape index (κ2) is 6.55. The van der Waals surface area contributed by atoms with Gasteiger partial charge >= 0.3 is 0 Å². The molecule has 0 amide bonds. The van der Waals surface area contributed by atoms with Gasteiger partial charge in [-0.2, -0.15) is 0 Å². The van der Waals surface area contributed by atoms with Crippen molar-refractivity contribution < 1.29 is 4.74 Å². The Morgan fingerprint density at radius 1 is 1.32 bits per heavy atom. The molecule has 114 valence electrons. The van der Waals surface area contributed by atoms with Crippen LogP contribution in [0.2, 0.25) is 0 Å². The number of nitrogens with zero attached hydrogens (tertiary/aromatic N) is 1. The lowest BCUT2D eigenvalue weighted by molar-refractivity contribution is -0.0161. The minimum Gasteiger partial charge on any atom is -0.380 e. The Morgan fingerprint density at radius 2 is 1.89 bits per heavy atom. The molecule has 2 atom stereocenters. The smallest absolute Gasteiger partial charge is 0.0670 e. The average molecular weight is 270 g/mol. The summed E-state index contributed by atoms with van der Waals surface area (Å²) in [6.45, 7) is 17.0. The molecule has 0 aromatic rings. The van der Waals surface area contributed by atoms with E-state index >= 15 is 0 Å². The monoisotopic (exact) mass is 270 g/mol. The van der Waals surface area contributed by atoms with Crippen LogP contribution in [0.4, 0.5) is 0 Å². The highest BCUT2D eigenvalue weighted by atomic mass is 16.5. The molecule has 0 aliphatic carbocycles. The van der Waals surface area contributed by atoms with Gasteiger partial charge in [0, 0.05) is 38.3 Å². The molecule has 0 aromatic heterocycles. The fourth-order valence-electron chi connectivity index (χ4n) is 3.17. The Kier molecular flexibility index (Phi) is 5.84. The van der Waals surface area contributed by atoms with Crippen LogP contribution in [0, 0.1) is 5.41 Å². The molecule has 3 heteroatoms. The molecule has 1 rings (SSSR count). The predicted molar refractivity (Wildman–Crippen MR) is 82.6 cm³/mol. The fraction of sp³-hybridized carbons (Fsp3) is 1.00. The highest BCUT2D eigenvalue weighted by Gasteiger charge is 2.41. The topological polar surface area (TPSA) is 24.5 Å². The Morgan fingerprint density at radius 3 is 2.32 bits per heavy atom. The number of piperazine rings is 1. The summed E-state index contributed by atoms with van der Waals surface area (Å²) in [6.07, 6.45) is 2.69. The predicted octanol–water partition coefficient (Wildman–Crippen LogP) is 2.90. The van der Waals surface area contributed by atoms with Gasteiger partial charge in [-0.1, -0.05) is 34.6 Å². The summed E-state index contributed by atoms with van der Waals surface area (Å²) < 4.78 is 5.49. The van der Waals surface area contributed by atoms with Crippen molar-refractivity contribution in [1.82, 2.24) is 10.2 Å². The molecule has 19 heavy (non-hydrogen) atoms. The maximum Gasteiger partial charge on any atom is 0.0670 e. The number of ether oxygens (including phenoxy) is 1. The normalized spacial score (nSPS) is 26.4. The number of nitrogens with one attached hydrogen (secondary N) is 1. The summed E-state index contributed by atoms with van der Waals surface area (Å²) in [5.74, 6) is 0. The van der Waals surface area contributed by atoms with Gasteiger partial charge in [0.05, 0.1) is 6.10 Å². The first-order valence-corrected chi connectivity index (χ1v) is 7.80. The van der Waals surface area contributed by atoms with E-state index in [0.29, 0.717) is 17.6 Å². The van der Waals surface area contributed by atoms with E-state index in [2.05, 4.69) is 51.8 Å². The van der Waals surface area contributed by atoms with Crippen LogP contribution in [-0.2, 0) is 4.74 Å². The van der Waals surface area contributed by atoms with E-state index in [0.717, 1.165) is 19.6 Å². The summed E-state index contributed by atoms with van der Waals surface area (Å²) in [4.78, 5) is 2.65. The van der Waals surface area contributed by atoms with Gasteiger partial charge in [-0.15, -0.1) is 0 Å². The standard InChI is InChI=1S/C16H34N2O/c1-8-16(9-2)12-18(11-13(3)19-7)14(10-17-16)15(4,5)6/h13-14,17H,8-12H2,1-7H3. The summed E-state index contributed by atoms with van der Waals surface area (Å²) >= 11 is 0. The van der Waals surface area contributed by atoms with Crippen molar-refractivity contribution in [1.29, 1.82) is 0 Å². The van der Waals surface area contributed by atoms with Gasteiger partial charge in [0.2, 0.25) is 0 Å². The molecule has 0 bridgehead atoms. The zero-order valence-electron chi connectivity index (χ0n) is 14.0. The quantitative estimate of drug-likeness (QED) is 0.831. The van der Waals surface area contributed by atoms with Gasteiger partial charge in [-0.3, -0.25) is 4.90 Å². The van der Waals surface area contributed by atoms with Crippen molar-refractivity contribution in [2.75, 3.05) is 26.7 Å². The first-order chi connectivity index (χ1) is 8.78. The number of methoxy groups -OCH3 is 1.